The van der Waals surface area contributed by atoms with Crippen LogP contribution < -0.4 is 15.5 Å². The Morgan fingerprint density at radius 2 is 1.94 bits per heavy atom. The van der Waals surface area contributed by atoms with Gasteiger partial charge in [-0.1, -0.05) is 43.0 Å². The lowest BCUT2D eigenvalue weighted by molar-refractivity contribution is -0.123. The molecule has 1 atom stereocenters. The van der Waals surface area contributed by atoms with Crippen molar-refractivity contribution in [2.75, 3.05) is 42.8 Å². The number of hydrogen-bond acceptors (Lipinski definition) is 5. The number of halogens is 1. The maximum Gasteiger partial charge on any atom is 0.258 e. The Hall–Kier alpha value is -3.10. The third-order valence-electron chi connectivity index (χ3n) is 5.19. The van der Waals surface area contributed by atoms with E-state index in [-0.39, 0.29) is 12.3 Å². The molecule has 1 heterocycles. The van der Waals surface area contributed by atoms with Gasteiger partial charge in [-0.05, 0) is 36.1 Å². The van der Waals surface area contributed by atoms with Gasteiger partial charge in [0.2, 0.25) is 5.91 Å². The van der Waals surface area contributed by atoms with E-state index in [0.29, 0.717) is 42.6 Å². The fourth-order valence-corrected chi connectivity index (χ4v) is 4.02. The summed E-state index contributed by atoms with van der Waals surface area (Å²) < 4.78 is 19.5. The van der Waals surface area contributed by atoms with Gasteiger partial charge in [0.25, 0.3) is 5.91 Å². The summed E-state index contributed by atoms with van der Waals surface area (Å²) in [6.45, 7) is 6.04. The molecule has 2 aromatic carbocycles. The standard InChI is InChI=1S/C25H28FN3O3S/c1-3-7-23(33-2)25(31)28-21(16-18-8-5-4-6-9-18)24(30)27-20-17-19(26)10-11-22(20)29-12-14-32-15-13-29/h3-11,17,21H,1,12-16H2,2H3,(H,27,30)(H,28,31)/b23-7-. The molecule has 174 valence electrons. The molecule has 8 heteroatoms. The molecule has 0 aromatic heterocycles. The van der Waals surface area contributed by atoms with Gasteiger partial charge in [0.15, 0.2) is 0 Å². The zero-order valence-electron chi connectivity index (χ0n) is 18.6. The molecule has 1 fully saturated rings. The molecule has 0 bridgehead atoms. The van der Waals surface area contributed by atoms with E-state index in [0.717, 1.165) is 5.56 Å². The Bertz CT molecular complexity index is 1010. The fraction of sp³-hybridized carbons (Fsp3) is 0.280. The van der Waals surface area contributed by atoms with Crippen molar-refractivity contribution in [3.05, 3.63) is 83.5 Å². The molecule has 3 rings (SSSR count). The largest absolute Gasteiger partial charge is 0.378 e. The van der Waals surface area contributed by atoms with Crippen molar-refractivity contribution in [2.45, 2.75) is 12.5 Å². The molecule has 2 aromatic rings. The minimum Gasteiger partial charge on any atom is -0.378 e. The normalized spacial score (nSPS) is 15.0. The SMILES string of the molecule is C=C/C=C(\SC)C(=O)NC(Cc1ccccc1)C(=O)Nc1cc(F)ccc1N1CCOCC1. The number of morpholine rings is 1. The van der Waals surface area contributed by atoms with Gasteiger partial charge < -0.3 is 20.3 Å². The Labute approximate surface area is 197 Å². The zero-order valence-corrected chi connectivity index (χ0v) is 19.4. The van der Waals surface area contributed by atoms with E-state index in [1.807, 2.05) is 35.2 Å². The topological polar surface area (TPSA) is 70.7 Å². The summed E-state index contributed by atoms with van der Waals surface area (Å²) in [6.07, 6.45) is 5.19. The number of nitrogens with zero attached hydrogens (tertiary/aromatic N) is 1. The molecule has 0 saturated carbocycles. The summed E-state index contributed by atoms with van der Waals surface area (Å²) in [4.78, 5) is 28.6. The van der Waals surface area contributed by atoms with Crippen molar-refractivity contribution in [2.24, 2.45) is 0 Å². The summed E-state index contributed by atoms with van der Waals surface area (Å²) in [7, 11) is 0. The molecule has 33 heavy (non-hydrogen) atoms. The van der Waals surface area contributed by atoms with Gasteiger partial charge in [-0.2, -0.15) is 0 Å². The zero-order chi connectivity index (χ0) is 23.6. The third kappa shape index (κ3) is 6.94. The van der Waals surface area contributed by atoms with E-state index >= 15 is 0 Å². The summed E-state index contributed by atoms with van der Waals surface area (Å²) in [5.74, 6) is -1.25. The van der Waals surface area contributed by atoms with Crippen LogP contribution in [0.2, 0.25) is 0 Å². The number of amides is 2. The number of allylic oxidation sites excluding steroid dienone is 2. The summed E-state index contributed by atoms with van der Waals surface area (Å²) in [5, 5.41) is 5.66. The predicted molar refractivity (Wildman–Crippen MR) is 132 cm³/mol. The van der Waals surface area contributed by atoms with Crippen LogP contribution in [-0.2, 0) is 20.7 Å². The highest BCUT2D eigenvalue weighted by atomic mass is 32.2. The second-order valence-corrected chi connectivity index (χ2v) is 8.28. The Kier molecular flexibility index (Phi) is 9.09. The quantitative estimate of drug-likeness (QED) is 0.432. The average molecular weight is 470 g/mol. The molecule has 6 nitrogen and oxygen atoms in total. The van der Waals surface area contributed by atoms with Crippen molar-refractivity contribution >= 4 is 35.0 Å². The minimum absolute atomic E-state index is 0.288. The Morgan fingerprint density at radius 3 is 2.61 bits per heavy atom. The number of nitrogens with one attached hydrogen (secondary N) is 2. The van der Waals surface area contributed by atoms with Crippen molar-refractivity contribution in [1.29, 1.82) is 0 Å². The van der Waals surface area contributed by atoms with Gasteiger partial charge in [0, 0.05) is 19.5 Å². The predicted octanol–water partition coefficient (Wildman–Crippen LogP) is 3.76. The highest BCUT2D eigenvalue weighted by Gasteiger charge is 2.25. The summed E-state index contributed by atoms with van der Waals surface area (Å²) in [5.41, 5.74) is 1.97. The monoisotopic (exact) mass is 469 g/mol. The van der Waals surface area contributed by atoms with Gasteiger partial charge in [0.1, 0.15) is 11.9 Å². The van der Waals surface area contributed by atoms with Crippen LogP contribution in [0.25, 0.3) is 0 Å². The first-order valence-corrected chi connectivity index (χ1v) is 11.9. The van der Waals surface area contributed by atoms with Crippen LogP contribution in [0.4, 0.5) is 15.8 Å². The molecule has 1 aliphatic heterocycles. The molecule has 2 N–H and O–H groups in total. The number of carbonyl (C=O) groups excluding carboxylic acids is 2. The maximum absolute atomic E-state index is 14.1. The summed E-state index contributed by atoms with van der Waals surface area (Å²) >= 11 is 1.27. The minimum atomic E-state index is -0.860. The number of ether oxygens (including phenoxy) is 1. The van der Waals surface area contributed by atoms with Crippen LogP contribution in [0.15, 0.2) is 72.2 Å². The van der Waals surface area contributed by atoms with Gasteiger partial charge in [-0.15, -0.1) is 11.8 Å². The van der Waals surface area contributed by atoms with Crippen LogP contribution in [0.3, 0.4) is 0 Å². The van der Waals surface area contributed by atoms with Gasteiger partial charge in [-0.3, -0.25) is 9.59 Å². The Balaban J connectivity index is 1.85. The van der Waals surface area contributed by atoms with E-state index in [9.17, 15) is 14.0 Å². The van der Waals surface area contributed by atoms with Crippen molar-refractivity contribution in [3.8, 4) is 0 Å². The van der Waals surface area contributed by atoms with Gasteiger partial charge in [0.05, 0.1) is 29.5 Å². The van der Waals surface area contributed by atoms with Crippen LogP contribution >= 0.6 is 11.8 Å². The van der Waals surface area contributed by atoms with Crippen LogP contribution in [-0.4, -0.2) is 50.4 Å². The Morgan fingerprint density at radius 1 is 1.21 bits per heavy atom. The van der Waals surface area contributed by atoms with E-state index in [1.54, 1.807) is 18.4 Å². The van der Waals surface area contributed by atoms with Crippen LogP contribution in [0.1, 0.15) is 5.56 Å². The molecular weight excluding hydrogens is 441 g/mol. The lowest BCUT2D eigenvalue weighted by Gasteiger charge is -2.31. The highest BCUT2D eigenvalue weighted by Crippen LogP contribution is 2.28. The first-order valence-electron chi connectivity index (χ1n) is 10.7. The number of benzene rings is 2. The van der Waals surface area contributed by atoms with E-state index in [1.165, 1.54) is 30.0 Å². The van der Waals surface area contributed by atoms with Crippen molar-refractivity contribution in [1.82, 2.24) is 5.32 Å². The molecule has 1 aliphatic rings. The molecule has 0 radical (unpaired) electrons. The van der Waals surface area contributed by atoms with Crippen molar-refractivity contribution in [3.63, 3.8) is 0 Å². The highest BCUT2D eigenvalue weighted by molar-refractivity contribution is 8.03. The lowest BCUT2D eigenvalue weighted by atomic mass is 10.0. The lowest BCUT2D eigenvalue weighted by Crippen LogP contribution is -2.45. The van der Waals surface area contributed by atoms with Gasteiger partial charge >= 0.3 is 0 Å². The number of thioether (sulfide) groups is 1. The van der Waals surface area contributed by atoms with E-state index < -0.39 is 17.8 Å². The molecule has 2 amide bonds. The first kappa shape index (κ1) is 24.5. The summed E-state index contributed by atoms with van der Waals surface area (Å²) in [6, 6.07) is 12.9. The second-order valence-electron chi connectivity index (χ2n) is 7.44. The second kappa shape index (κ2) is 12.2. The molecular formula is C25H28FN3O3S. The molecule has 0 aliphatic carbocycles. The van der Waals surface area contributed by atoms with E-state index in [4.69, 9.17) is 4.74 Å². The molecule has 0 spiro atoms. The smallest absolute Gasteiger partial charge is 0.258 e. The van der Waals surface area contributed by atoms with Crippen molar-refractivity contribution < 1.29 is 18.7 Å². The average Bonchev–Trinajstić information content (AvgIpc) is 2.83. The maximum atomic E-state index is 14.1. The number of carbonyl (C=O) groups is 2. The first-order chi connectivity index (χ1) is 16.0. The van der Waals surface area contributed by atoms with Crippen LogP contribution in [0, 0.1) is 5.82 Å². The fourth-order valence-electron chi connectivity index (χ4n) is 3.54. The molecule has 1 saturated heterocycles. The van der Waals surface area contributed by atoms with Crippen LogP contribution in [0.5, 0.6) is 0 Å². The number of hydrogen-bond donors (Lipinski definition) is 2. The number of rotatable bonds is 9. The third-order valence-corrected chi connectivity index (χ3v) is 5.95. The van der Waals surface area contributed by atoms with E-state index in [2.05, 4.69) is 17.2 Å². The number of anilines is 2. The molecule has 1 unspecified atom stereocenters. The van der Waals surface area contributed by atoms with Gasteiger partial charge in [-0.25, -0.2) is 4.39 Å².